The van der Waals surface area contributed by atoms with Crippen LogP contribution >= 0.6 is 0 Å². The summed E-state index contributed by atoms with van der Waals surface area (Å²) in [4.78, 5) is 4.59. The molecule has 0 saturated heterocycles. The van der Waals surface area contributed by atoms with Crippen molar-refractivity contribution in [3.8, 4) is 11.5 Å². The minimum atomic E-state index is -0.588. The lowest BCUT2D eigenvalue weighted by molar-refractivity contribution is -0.0404. The summed E-state index contributed by atoms with van der Waals surface area (Å²) in [5.74, 6) is 1.77. The van der Waals surface area contributed by atoms with E-state index in [9.17, 15) is 0 Å². The summed E-state index contributed by atoms with van der Waals surface area (Å²) in [5.41, 5.74) is 7.97. The Labute approximate surface area is 240 Å². The van der Waals surface area contributed by atoms with Gasteiger partial charge in [-0.25, -0.2) is 0 Å². The number of hydrogen-bond acceptors (Lipinski definition) is 5. The number of hydrogen-bond donors (Lipinski definition) is 0. The zero-order valence-corrected chi connectivity index (χ0v) is 25.6. The highest BCUT2D eigenvalue weighted by Crippen LogP contribution is 2.53. The Morgan fingerprint density at radius 1 is 0.850 bits per heavy atom. The van der Waals surface area contributed by atoms with Gasteiger partial charge in [-0.1, -0.05) is 45.9 Å². The molecule has 5 nitrogen and oxygen atoms in total. The van der Waals surface area contributed by atoms with Gasteiger partial charge < -0.3 is 24.0 Å². The highest BCUT2D eigenvalue weighted by Gasteiger charge is 2.55. The Bertz CT molecular complexity index is 1430. The zero-order chi connectivity index (χ0) is 28.9. The molecule has 2 heterocycles. The molecule has 2 aromatic rings. The number of methoxy groups -OCH3 is 2. The summed E-state index contributed by atoms with van der Waals surface area (Å²) < 4.78 is 17.6. The first kappa shape index (κ1) is 28.1. The van der Waals surface area contributed by atoms with Gasteiger partial charge in [0.05, 0.1) is 14.2 Å². The molecule has 0 amide bonds. The van der Waals surface area contributed by atoms with Gasteiger partial charge in [-0.05, 0) is 90.6 Å². The summed E-state index contributed by atoms with van der Waals surface area (Å²) >= 11 is 0. The average Bonchev–Trinajstić information content (AvgIpc) is 3.52. The molecule has 0 aromatic heterocycles. The lowest BCUT2D eigenvalue weighted by Gasteiger charge is -2.43. The second-order valence-corrected chi connectivity index (χ2v) is 12.1. The molecule has 0 radical (unpaired) electrons. The molecule has 212 valence electrons. The SMILES string of the molecule is CCOC1(/C=C/C2=CC(=C/C=C3\N(C)c4ccc(OC)cc4C3(C)C)/CC2)N(C)c2ccc(OC)cc2C1(C)C. The average molecular weight is 541 g/mol. The van der Waals surface area contributed by atoms with E-state index in [1.165, 1.54) is 39.3 Å². The maximum absolute atomic E-state index is 6.59. The molecule has 1 aliphatic carbocycles. The first-order valence-electron chi connectivity index (χ1n) is 14.3. The highest BCUT2D eigenvalue weighted by atomic mass is 16.5. The predicted octanol–water partition coefficient (Wildman–Crippen LogP) is 7.68. The first-order chi connectivity index (χ1) is 19.0. The van der Waals surface area contributed by atoms with Gasteiger partial charge in [0.15, 0.2) is 5.72 Å². The number of allylic oxidation sites excluding steroid dienone is 7. The zero-order valence-electron chi connectivity index (χ0n) is 25.6. The van der Waals surface area contributed by atoms with Crippen LogP contribution in [0.1, 0.15) is 58.6 Å². The van der Waals surface area contributed by atoms with Crippen molar-refractivity contribution < 1.29 is 14.2 Å². The van der Waals surface area contributed by atoms with Gasteiger partial charge in [0.25, 0.3) is 0 Å². The van der Waals surface area contributed by atoms with E-state index < -0.39 is 5.72 Å². The summed E-state index contributed by atoms with van der Waals surface area (Å²) in [6.45, 7) is 11.8. The van der Waals surface area contributed by atoms with Crippen molar-refractivity contribution in [3.63, 3.8) is 0 Å². The van der Waals surface area contributed by atoms with Crippen molar-refractivity contribution >= 4 is 11.4 Å². The van der Waals surface area contributed by atoms with Crippen LogP contribution in [-0.4, -0.2) is 40.6 Å². The van der Waals surface area contributed by atoms with Crippen LogP contribution in [-0.2, 0) is 15.6 Å². The van der Waals surface area contributed by atoms with Gasteiger partial charge in [-0.15, -0.1) is 0 Å². The number of likely N-dealkylation sites (N-methyl/N-ethyl adjacent to an activating group) is 2. The van der Waals surface area contributed by atoms with E-state index in [-0.39, 0.29) is 10.8 Å². The summed E-state index contributed by atoms with van der Waals surface area (Å²) in [6, 6.07) is 12.7. The standard InChI is InChI=1S/C35H44N2O3/c1-10-40-35(34(4,5)29-23-27(39-9)15-17-31(29)37(35)7)20-19-25-12-11-24(21-25)13-18-32-33(2,3)28-22-26(38-8)14-16-30(28)36(32)6/h13-23H,10-12H2,1-9H3/b20-19+,24-13+,32-18-. The minimum Gasteiger partial charge on any atom is -0.497 e. The van der Waals surface area contributed by atoms with Crippen molar-refractivity contribution in [2.45, 2.75) is 64.0 Å². The molecule has 0 spiro atoms. The Hall–Kier alpha value is -3.44. The molecule has 40 heavy (non-hydrogen) atoms. The number of ether oxygens (including phenoxy) is 3. The Morgan fingerprint density at radius 3 is 2.15 bits per heavy atom. The lowest BCUT2D eigenvalue weighted by atomic mass is 9.77. The molecule has 0 N–H and O–H groups in total. The minimum absolute atomic E-state index is 0.0963. The molecule has 0 bridgehead atoms. The molecular formula is C35H44N2O3. The lowest BCUT2D eigenvalue weighted by Crippen LogP contribution is -2.55. The third-order valence-electron chi connectivity index (χ3n) is 9.29. The maximum atomic E-state index is 6.59. The molecule has 5 rings (SSSR count). The second-order valence-electron chi connectivity index (χ2n) is 12.1. The Kier molecular flexibility index (Phi) is 7.16. The van der Waals surface area contributed by atoms with Crippen molar-refractivity contribution in [1.82, 2.24) is 0 Å². The van der Waals surface area contributed by atoms with Crippen molar-refractivity contribution in [2.75, 3.05) is 44.7 Å². The van der Waals surface area contributed by atoms with Crippen LogP contribution in [0.4, 0.5) is 11.4 Å². The number of benzene rings is 2. The second kappa shape index (κ2) is 10.2. The predicted molar refractivity (Wildman–Crippen MR) is 166 cm³/mol. The molecule has 0 saturated carbocycles. The first-order valence-corrected chi connectivity index (χ1v) is 14.3. The number of rotatable bonds is 7. The Morgan fingerprint density at radius 2 is 1.50 bits per heavy atom. The molecule has 2 aliphatic heterocycles. The van der Waals surface area contributed by atoms with E-state index in [2.05, 4.69) is 113 Å². The molecule has 2 aromatic carbocycles. The van der Waals surface area contributed by atoms with Crippen LogP contribution < -0.4 is 19.3 Å². The molecule has 1 atom stereocenters. The number of nitrogens with zero attached hydrogens (tertiary/aromatic N) is 2. The van der Waals surface area contributed by atoms with E-state index in [1.54, 1.807) is 14.2 Å². The third-order valence-corrected chi connectivity index (χ3v) is 9.29. The van der Waals surface area contributed by atoms with Gasteiger partial charge in [0.2, 0.25) is 0 Å². The molecular weight excluding hydrogens is 496 g/mol. The van der Waals surface area contributed by atoms with Crippen LogP contribution in [0.3, 0.4) is 0 Å². The third kappa shape index (κ3) is 4.26. The fourth-order valence-electron chi connectivity index (χ4n) is 6.87. The summed E-state index contributed by atoms with van der Waals surface area (Å²) in [7, 11) is 7.74. The van der Waals surface area contributed by atoms with Gasteiger partial charge >= 0.3 is 0 Å². The monoisotopic (exact) mass is 540 g/mol. The molecule has 5 heteroatoms. The van der Waals surface area contributed by atoms with E-state index in [1.807, 2.05) is 12.1 Å². The van der Waals surface area contributed by atoms with Crippen molar-refractivity contribution in [3.05, 3.63) is 94.7 Å². The van der Waals surface area contributed by atoms with Crippen LogP contribution in [0.15, 0.2) is 83.6 Å². The van der Waals surface area contributed by atoms with E-state index >= 15 is 0 Å². The van der Waals surface area contributed by atoms with E-state index in [0.717, 1.165) is 24.3 Å². The van der Waals surface area contributed by atoms with Crippen LogP contribution in [0.25, 0.3) is 0 Å². The normalized spacial score (nSPS) is 24.7. The van der Waals surface area contributed by atoms with E-state index in [0.29, 0.717) is 6.61 Å². The molecule has 1 unspecified atom stereocenters. The van der Waals surface area contributed by atoms with Crippen molar-refractivity contribution in [1.29, 1.82) is 0 Å². The van der Waals surface area contributed by atoms with Crippen LogP contribution in [0.5, 0.6) is 11.5 Å². The number of anilines is 2. The quantitative estimate of drug-likeness (QED) is 0.360. The van der Waals surface area contributed by atoms with Crippen LogP contribution in [0.2, 0.25) is 0 Å². The van der Waals surface area contributed by atoms with E-state index in [4.69, 9.17) is 14.2 Å². The van der Waals surface area contributed by atoms with Gasteiger partial charge in [0.1, 0.15) is 11.5 Å². The topological polar surface area (TPSA) is 34.2 Å². The summed E-state index contributed by atoms with van der Waals surface area (Å²) in [5, 5.41) is 0. The Balaban J connectivity index is 1.42. The maximum Gasteiger partial charge on any atom is 0.169 e. The molecule has 0 fully saturated rings. The van der Waals surface area contributed by atoms with Gasteiger partial charge in [0, 0.05) is 48.6 Å². The summed E-state index contributed by atoms with van der Waals surface area (Å²) in [6.07, 6.45) is 13.5. The smallest absolute Gasteiger partial charge is 0.169 e. The highest BCUT2D eigenvalue weighted by molar-refractivity contribution is 5.72. The van der Waals surface area contributed by atoms with Gasteiger partial charge in [-0.2, -0.15) is 0 Å². The fraction of sp³-hybridized carbons (Fsp3) is 0.429. The van der Waals surface area contributed by atoms with Crippen LogP contribution in [0, 0.1) is 0 Å². The largest absolute Gasteiger partial charge is 0.497 e. The fourth-order valence-corrected chi connectivity index (χ4v) is 6.87. The molecule has 3 aliphatic rings. The number of fused-ring (bicyclic) bond motifs is 2. The van der Waals surface area contributed by atoms with Gasteiger partial charge in [-0.3, -0.25) is 0 Å². The van der Waals surface area contributed by atoms with Crippen molar-refractivity contribution in [2.24, 2.45) is 0 Å².